The third kappa shape index (κ3) is 20.1. The molecule has 5 heteroatoms. The Labute approximate surface area is 176 Å². The van der Waals surface area contributed by atoms with Crippen LogP contribution in [0.3, 0.4) is 0 Å². The van der Waals surface area contributed by atoms with Crippen LogP contribution in [0.4, 0.5) is 0 Å². The fourth-order valence-electron chi connectivity index (χ4n) is 1.74. The van der Waals surface area contributed by atoms with Gasteiger partial charge in [0.1, 0.15) is 6.10 Å². The van der Waals surface area contributed by atoms with E-state index in [1.54, 1.807) is 0 Å². The van der Waals surface area contributed by atoms with Crippen molar-refractivity contribution in [2.24, 2.45) is 0 Å². The summed E-state index contributed by atoms with van der Waals surface area (Å²) in [5.41, 5.74) is 0. The van der Waals surface area contributed by atoms with Gasteiger partial charge >= 0.3 is 0 Å². The Morgan fingerprint density at radius 1 is 0.850 bits per heavy atom. The van der Waals surface area contributed by atoms with Gasteiger partial charge < -0.3 is 22.0 Å². The van der Waals surface area contributed by atoms with Crippen LogP contribution in [0.15, 0.2) is 0 Å². The van der Waals surface area contributed by atoms with Gasteiger partial charge in [-0.15, -0.1) is 0 Å². The van der Waals surface area contributed by atoms with Crippen LogP contribution in [-0.2, 0) is 74.9 Å². The normalized spacial score (nSPS) is 21.3. The van der Waals surface area contributed by atoms with Crippen LogP contribution in [0.2, 0.25) is 0 Å². The number of aliphatic hydroxyl groups is 1. The predicted molar refractivity (Wildman–Crippen MR) is 75.6 cm³/mol. The Morgan fingerprint density at radius 3 is 1.65 bits per heavy atom. The van der Waals surface area contributed by atoms with Gasteiger partial charge in [0, 0.05) is 65.4 Å². The van der Waals surface area contributed by atoms with Crippen LogP contribution in [0.5, 0.6) is 0 Å². The third-order valence-electron chi connectivity index (χ3n) is 3.14. The first-order chi connectivity index (χ1) is 8.36. The van der Waals surface area contributed by atoms with Gasteiger partial charge in [-0.1, -0.05) is 51.9 Å². The van der Waals surface area contributed by atoms with Crippen LogP contribution in [-0.4, -0.2) is 37.1 Å². The van der Waals surface area contributed by atoms with E-state index >= 15 is 0 Å². The molecule has 2 fully saturated rings. The SMILES string of the molecule is CCCCCCCCCC1CO1.OCC1CO1.[CH3-].[Y].[Y]. The van der Waals surface area contributed by atoms with Gasteiger partial charge in [0.2, 0.25) is 0 Å². The van der Waals surface area contributed by atoms with Crippen LogP contribution < -0.4 is 0 Å². The fraction of sp³-hybridized carbons (Fsp3) is 0.933. The van der Waals surface area contributed by atoms with Gasteiger partial charge in [0.15, 0.2) is 0 Å². The molecule has 116 valence electrons. The Kier molecular flexibility index (Phi) is 25.8. The Balaban J connectivity index is -0.000000312. The first-order valence-corrected chi connectivity index (χ1v) is 7.21. The smallest absolute Gasteiger partial charge is 0.104 e. The molecule has 0 amide bonds. The second-order valence-corrected chi connectivity index (χ2v) is 5.00. The summed E-state index contributed by atoms with van der Waals surface area (Å²) in [6, 6.07) is 0. The van der Waals surface area contributed by atoms with Gasteiger partial charge in [-0.25, -0.2) is 0 Å². The monoisotopic (exact) mass is 437 g/mol. The zero-order chi connectivity index (χ0) is 12.3. The summed E-state index contributed by atoms with van der Waals surface area (Å²) in [5, 5.41) is 8.08. The summed E-state index contributed by atoms with van der Waals surface area (Å²) in [5.74, 6) is 0. The van der Waals surface area contributed by atoms with Gasteiger partial charge in [0.05, 0.1) is 25.9 Å². The van der Waals surface area contributed by atoms with Crippen LogP contribution in [0, 0.1) is 7.43 Å². The van der Waals surface area contributed by atoms with Crippen LogP contribution in [0.1, 0.15) is 58.3 Å². The zero-order valence-electron chi connectivity index (χ0n) is 13.4. The van der Waals surface area contributed by atoms with Crippen molar-refractivity contribution in [3.05, 3.63) is 7.43 Å². The third-order valence-corrected chi connectivity index (χ3v) is 3.14. The molecule has 2 rings (SSSR count). The zero-order valence-corrected chi connectivity index (χ0v) is 19.0. The summed E-state index contributed by atoms with van der Waals surface area (Å²) in [6.45, 7) is 4.26. The van der Waals surface area contributed by atoms with Crippen molar-refractivity contribution < 1.29 is 80.0 Å². The van der Waals surface area contributed by atoms with Crippen molar-refractivity contribution in [3.8, 4) is 0 Å². The molecule has 0 spiro atoms. The summed E-state index contributed by atoms with van der Waals surface area (Å²) in [7, 11) is 0. The summed E-state index contributed by atoms with van der Waals surface area (Å²) in [6.07, 6.45) is 12.1. The number of rotatable bonds is 9. The number of hydrogen-bond donors (Lipinski definition) is 1. The Hall–Kier alpha value is 2.09. The number of unbranched alkanes of at least 4 members (excludes halogenated alkanes) is 6. The Bertz CT molecular complexity index is 175. The van der Waals surface area contributed by atoms with Gasteiger partial charge in [-0.2, -0.15) is 0 Å². The standard InChI is InChI=1S/C11H22O.C3H6O2.CH3.2Y/c1-2-3-4-5-6-7-8-9-11-10-12-11;4-1-3-2-5-3;;;/h11H,2-10H2,1H3;3-4H,1-2H2;1H3;;/q;;-1;;. The van der Waals surface area contributed by atoms with E-state index in [9.17, 15) is 0 Å². The molecule has 0 aromatic rings. The van der Waals surface area contributed by atoms with Crippen molar-refractivity contribution >= 4 is 0 Å². The molecule has 1 N–H and O–H groups in total. The number of hydrogen-bond acceptors (Lipinski definition) is 3. The number of epoxide rings is 2. The van der Waals surface area contributed by atoms with Crippen molar-refractivity contribution in [1.29, 1.82) is 0 Å². The molecule has 0 bridgehead atoms. The van der Waals surface area contributed by atoms with E-state index in [0.717, 1.165) is 13.2 Å². The van der Waals surface area contributed by atoms with E-state index in [1.807, 2.05) is 0 Å². The molecule has 0 saturated carbocycles. The maximum atomic E-state index is 8.08. The summed E-state index contributed by atoms with van der Waals surface area (Å²) >= 11 is 0. The summed E-state index contributed by atoms with van der Waals surface area (Å²) in [4.78, 5) is 0. The van der Waals surface area contributed by atoms with Gasteiger partial charge in [-0.3, -0.25) is 0 Å². The van der Waals surface area contributed by atoms with E-state index in [2.05, 4.69) is 11.7 Å². The summed E-state index contributed by atoms with van der Waals surface area (Å²) < 4.78 is 9.76. The van der Waals surface area contributed by atoms with Crippen molar-refractivity contribution in [3.63, 3.8) is 0 Å². The predicted octanol–water partition coefficient (Wildman–Crippen LogP) is 3.35. The maximum Gasteiger partial charge on any atom is 0.104 e. The fourth-order valence-corrected chi connectivity index (χ4v) is 1.74. The second kappa shape index (κ2) is 19.1. The minimum atomic E-state index is 0. The van der Waals surface area contributed by atoms with Crippen LogP contribution in [0.25, 0.3) is 0 Å². The molecule has 3 nitrogen and oxygen atoms in total. The first-order valence-electron chi connectivity index (χ1n) is 7.21. The van der Waals surface area contributed by atoms with E-state index in [4.69, 9.17) is 9.84 Å². The molecule has 2 heterocycles. The first kappa shape index (κ1) is 27.0. The minimum Gasteiger partial charge on any atom is -0.394 e. The van der Waals surface area contributed by atoms with E-state index in [-0.39, 0.29) is 85.6 Å². The minimum absolute atomic E-state index is 0. The maximum absolute atomic E-state index is 8.08. The molecule has 0 aromatic heterocycles. The van der Waals surface area contributed by atoms with Crippen LogP contribution >= 0.6 is 0 Å². The number of aliphatic hydroxyl groups excluding tert-OH is 1. The average molecular weight is 437 g/mol. The average Bonchev–Trinajstić information content (AvgIpc) is 3.21. The largest absolute Gasteiger partial charge is 0.394 e. The van der Waals surface area contributed by atoms with E-state index in [1.165, 1.54) is 51.4 Å². The topological polar surface area (TPSA) is 45.3 Å². The van der Waals surface area contributed by atoms with E-state index in [0.29, 0.717) is 6.10 Å². The van der Waals surface area contributed by atoms with Crippen molar-refractivity contribution in [2.75, 3.05) is 19.8 Å². The van der Waals surface area contributed by atoms with Gasteiger partial charge in [0.25, 0.3) is 0 Å². The molecule has 2 saturated heterocycles. The van der Waals surface area contributed by atoms with Gasteiger partial charge in [-0.05, 0) is 6.42 Å². The molecule has 2 aliphatic rings. The molecular weight excluding hydrogens is 406 g/mol. The molecule has 2 radical (unpaired) electrons. The van der Waals surface area contributed by atoms with Crippen molar-refractivity contribution in [2.45, 2.75) is 70.5 Å². The second-order valence-electron chi connectivity index (χ2n) is 5.00. The molecule has 20 heavy (non-hydrogen) atoms. The molecular formula is C15H31O3Y2-. The van der Waals surface area contributed by atoms with E-state index < -0.39 is 0 Å². The Morgan fingerprint density at radius 2 is 1.30 bits per heavy atom. The molecule has 0 aromatic carbocycles. The molecule has 2 unspecified atom stereocenters. The molecule has 0 aliphatic carbocycles. The quantitative estimate of drug-likeness (QED) is 0.342. The number of ether oxygens (including phenoxy) is 2. The molecule has 2 atom stereocenters. The van der Waals surface area contributed by atoms with Crippen molar-refractivity contribution in [1.82, 2.24) is 0 Å². The molecule has 2 aliphatic heterocycles.